The first-order chi connectivity index (χ1) is 7.77. The number of hydrogen-bond donors (Lipinski definition) is 0. The second-order valence-electron chi connectivity index (χ2n) is 4.22. The van der Waals surface area contributed by atoms with Crippen molar-refractivity contribution in [3.63, 3.8) is 0 Å². The van der Waals surface area contributed by atoms with Crippen LogP contribution in [0.15, 0.2) is 61.0 Å². The zero-order valence-electron chi connectivity index (χ0n) is 9.80. The molecular formula is C15H17N. The fraction of sp³-hybridized carbons (Fsp3) is 0.200. The predicted octanol–water partition coefficient (Wildman–Crippen LogP) is 4.21. The van der Waals surface area contributed by atoms with Crippen LogP contribution < -0.4 is 4.90 Å². The van der Waals surface area contributed by atoms with Crippen LogP contribution >= 0.6 is 0 Å². The molecule has 1 aliphatic rings. The number of allylic oxidation sites excluding steroid dienone is 4. The molecule has 0 amide bonds. The molecule has 1 aromatic carbocycles. The Labute approximate surface area is 97.4 Å². The Kier molecular flexibility index (Phi) is 3.25. The van der Waals surface area contributed by atoms with E-state index in [1.807, 2.05) is 24.3 Å². The molecule has 82 valence electrons. The summed E-state index contributed by atoms with van der Waals surface area (Å²) >= 11 is 0. The highest BCUT2D eigenvalue weighted by Gasteiger charge is 2.03. The molecule has 1 aromatic rings. The number of hydrogen-bond acceptors (Lipinski definition) is 1. The molecular weight excluding hydrogens is 194 g/mol. The molecule has 2 rings (SSSR count). The maximum absolute atomic E-state index is 2.24. The lowest BCUT2D eigenvalue weighted by Crippen LogP contribution is -2.06. The van der Waals surface area contributed by atoms with Gasteiger partial charge in [0.05, 0.1) is 0 Å². The van der Waals surface area contributed by atoms with E-state index in [4.69, 9.17) is 0 Å². The molecule has 1 aliphatic heterocycles. The summed E-state index contributed by atoms with van der Waals surface area (Å²) in [6.45, 7) is 4.43. The van der Waals surface area contributed by atoms with Crippen LogP contribution in [0.1, 0.15) is 25.3 Å². The second-order valence-corrected chi connectivity index (χ2v) is 4.22. The first-order valence-electron chi connectivity index (χ1n) is 5.67. The maximum atomic E-state index is 2.24. The van der Waals surface area contributed by atoms with Crippen LogP contribution in [0.5, 0.6) is 0 Å². The van der Waals surface area contributed by atoms with E-state index in [0.29, 0.717) is 5.92 Å². The predicted molar refractivity (Wildman–Crippen MR) is 70.4 cm³/mol. The van der Waals surface area contributed by atoms with Crippen LogP contribution in [-0.4, -0.2) is 0 Å². The van der Waals surface area contributed by atoms with Crippen molar-refractivity contribution >= 4 is 5.69 Å². The summed E-state index contributed by atoms with van der Waals surface area (Å²) in [5.74, 6) is 0.568. The van der Waals surface area contributed by atoms with Crippen LogP contribution in [0, 0.1) is 0 Å². The summed E-state index contributed by atoms with van der Waals surface area (Å²) in [6, 6.07) is 8.67. The molecule has 1 heteroatoms. The molecule has 0 radical (unpaired) electrons. The minimum Gasteiger partial charge on any atom is -0.324 e. The Bertz CT molecular complexity index is 423. The Morgan fingerprint density at radius 1 is 0.938 bits per heavy atom. The van der Waals surface area contributed by atoms with Crippen molar-refractivity contribution in [2.45, 2.75) is 19.8 Å². The molecule has 0 saturated carbocycles. The molecule has 1 heterocycles. The summed E-state index contributed by atoms with van der Waals surface area (Å²) in [5.41, 5.74) is 2.58. The second kappa shape index (κ2) is 4.84. The SMILES string of the molecule is CC(C)c1cccc(N2C=CC=CC=C2)c1. The molecule has 0 aliphatic carbocycles. The van der Waals surface area contributed by atoms with Crippen molar-refractivity contribution in [3.8, 4) is 0 Å². The minimum atomic E-state index is 0.568. The van der Waals surface area contributed by atoms with Gasteiger partial charge in [0.2, 0.25) is 0 Å². The number of anilines is 1. The van der Waals surface area contributed by atoms with Crippen molar-refractivity contribution in [3.05, 3.63) is 66.5 Å². The molecule has 0 atom stereocenters. The summed E-state index contributed by atoms with van der Waals surface area (Å²) in [6.07, 6.45) is 12.3. The van der Waals surface area contributed by atoms with E-state index in [1.54, 1.807) is 0 Å². The van der Waals surface area contributed by atoms with Crippen LogP contribution in [-0.2, 0) is 0 Å². The lowest BCUT2D eigenvalue weighted by molar-refractivity contribution is 0.866. The standard InChI is InChI=1S/C15H17N/c1-13(2)14-8-7-9-15(12-14)16-10-5-3-4-6-11-16/h3-13H,1-2H3. The number of nitrogens with zero attached hydrogens (tertiary/aromatic N) is 1. The lowest BCUT2D eigenvalue weighted by Gasteiger charge is -2.16. The summed E-state index contributed by atoms with van der Waals surface area (Å²) < 4.78 is 0. The average molecular weight is 211 g/mol. The lowest BCUT2D eigenvalue weighted by atomic mass is 10.0. The Morgan fingerprint density at radius 3 is 2.25 bits per heavy atom. The van der Waals surface area contributed by atoms with E-state index >= 15 is 0 Å². The van der Waals surface area contributed by atoms with E-state index < -0.39 is 0 Å². The molecule has 0 saturated heterocycles. The van der Waals surface area contributed by atoms with Crippen LogP contribution in [0.25, 0.3) is 0 Å². The molecule has 0 fully saturated rings. The Hall–Kier alpha value is -1.76. The molecule has 0 N–H and O–H groups in total. The van der Waals surface area contributed by atoms with E-state index in [-0.39, 0.29) is 0 Å². The van der Waals surface area contributed by atoms with Crippen molar-refractivity contribution < 1.29 is 0 Å². The molecule has 1 nitrogen and oxygen atoms in total. The largest absolute Gasteiger partial charge is 0.324 e. The van der Waals surface area contributed by atoms with E-state index in [9.17, 15) is 0 Å². The van der Waals surface area contributed by atoms with Gasteiger partial charge >= 0.3 is 0 Å². The van der Waals surface area contributed by atoms with Crippen LogP contribution in [0.3, 0.4) is 0 Å². The molecule has 0 spiro atoms. The number of benzene rings is 1. The fourth-order valence-corrected chi connectivity index (χ4v) is 1.68. The smallest absolute Gasteiger partial charge is 0.0452 e. The van der Waals surface area contributed by atoms with Gasteiger partial charge in [0, 0.05) is 18.1 Å². The molecule has 0 bridgehead atoms. The van der Waals surface area contributed by atoms with Gasteiger partial charge < -0.3 is 4.90 Å². The third-order valence-electron chi connectivity index (χ3n) is 2.66. The van der Waals surface area contributed by atoms with Gasteiger partial charge in [0.1, 0.15) is 0 Å². The minimum absolute atomic E-state index is 0.568. The van der Waals surface area contributed by atoms with E-state index in [0.717, 1.165) is 0 Å². The van der Waals surface area contributed by atoms with Gasteiger partial charge in [-0.25, -0.2) is 0 Å². The third kappa shape index (κ3) is 2.43. The van der Waals surface area contributed by atoms with Gasteiger partial charge in [0.25, 0.3) is 0 Å². The summed E-state index contributed by atoms with van der Waals surface area (Å²) in [4.78, 5) is 2.13. The van der Waals surface area contributed by atoms with Gasteiger partial charge in [-0.1, -0.05) is 38.1 Å². The van der Waals surface area contributed by atoms with Crippen molar-refractivity contribution in [2.24, 2.45) is 0 Å². The van der Waals surface area contributed by atoms with Crippen LogP contribution in [0.2, 0.25) is 0 Å². The Balaban J connectivity index is 2.30. The highest BCUT2D eigenvalue weighted by Crippen LogP contribution is 2.22. The maximum Gasteiger partial charge on any atom is 0.0452 e. The zero-order valence-corrected chi connectivity index (χ0v) is 9.80. The quantitative estimate of drug-likeness (QED) is 0.708. The van der Waals surface area contributed by atoms with Gasteiger partial charge in [0.15, 0.2) is 0 Å². The monoisotopic (exact) mass is 211 g/mol. The highest BCUT2D eigenvalue weighted by atomic mass is 15.1. The molecule has 0 unspecified atom stereocenters. The van der Waals surface area contributed by atoms with E-state index in [2.05, 4.69) is 55.4 Å². The first-order valence-corrected chi connectivity index (χ1v) is 5.67. The van der Waals surface area contributed by atoms with Gasteiger partial charge in [-0.3, -0.25) is 0 Å². The van der Waals surface area contributed by atoms with Crippen molar-refractivity contribution in [1.29, 1.82) is 0 Å². The van der Waals surface area contributed by atoms with E-state index in [1.165, 1.54) is 11.3 Å². The molecule has 0 aromatic heterocycles. The normalized spacial score (nSPS) is 14.6. The summed E-state index contributed by atoms with van der Waals surface area (Å²) in [7, 11) is 0. The molecule has 16 heavy (non-hydrogen) atoms. The van der Waals surface area contributed by atoms with Gasteiger partial charge in [-0.15, -0.1) is 0 Å². The van der Waals surface area contributed by atoms with Crippen LogP contribution in [0.4, 0.5) is 5.69 Å². The van der Waals surface area contributed by atoms with Gasteiger partial charge in [-0.2, -0.15) is 0 Å². The fourth-order valence-electron chi connectivity index (χ4n) is 1.68. The topological polar surface area (TPSA) is 3.24 Å². The van der Waals surface area contributed by atoms with Gasteiger partial charge in [-0.05, 0) is 35.8 Å². The Morgan fingerprint density at radius 2 is 1.62 bits per heavy atom. The zero-order chi connectivity index (χ0) is 11.4. The highest BCUT2D eigenvalue weighted by molar-refractivity contribution is 5.55. The number of rotatable bonds is 2. The van der Waals surface area contributed by atoms with Crippen molar-refractivity contribution in [1.82, 2.24) is 0 Å². The first kappa shape index (κ1) is 10.7. The summed E-state index contributed by atoms with van der Waals surface area (Å²) in [5, 5.41) is 0. The third-order valence-corrected chi connectivity index (χ3v) is 2.66. The van der Waals surface area contributed by atoms with Crippen molar-refractivity contribution in [2.75, 3.05) is 4.90 Å². The average Bonchev–Trinajstić information content (AvgIpc) is 2.57.